The van der Waals surface area contributed by atoms with E-state index in [0.29, 0.717) is 5.92 Å². The third-order valence-corrected chi connectivity index (χ3v) is 6.84. The molecule has 26 heavy (non-hydrogen) atoms. The first-order valence-corrected chi connectivity index (χ1v) is 11.0. The quantitative estimate of drug-likeness (QED) is 0.412. The second kappa shape index (κ2) is 8.14. The van der Waals surface area contributed by atoms with Crippen molar-refractivity contribution in [2.45, 2.75) is 51.4 Å². The maximum absolute atomic E-state index is 3.68. The number of rotatable bonds is 1. The molecule has 0 N–H and O–H groups in total. The Balaban J connectivity index is 0.000000204. The van der Waals surface area contributed by atoms with Gasteiger partial charge in [0.15, 0.2) is 0 Å². The van der Waals surface area contributed by atoms with Crippen LogP contribution >= 0.6 is 0 Å². The molecule has 1 saturated carbocycles. The molecule has 2 aromatic carbocycles. The second-order valence-electron chi connectivity index (χ2n) is 7.55. The first-order valence-electron chi connectivity index (χ1n) is 9.77. The average molecular weight is 417 g/mol. The van der Waals surface area contributed by atoms with E-state index in [-0.39, 0.29) is 0 Å². The fourth-order valence-electron chi connectivity index (χ4n) is 4.17. The van der Waals surface area contributed by atoms with Gasteiger partial charge in [-0.05, 0) is 12.3 Å². The molecule has 0 nitrogen and oxygen atoms in total. The zero-order valence-corrected chi connectivity index (χ0v) is 18.0. The van der Waals surface area contributed by atoms with Crippen molar-refractivity contribution in [3.8, 4) is 11.1 Å². The Morgan fingerprint density at radius 1 is 0.962 bits per heavy atom. The Morgan fingerprint density at radius 3 is 2.38 bits per heavy atom. The summed E-state index contributed by atoms with van der Waals surface area (Å²) < 4.78 is 1.80. The molecule has 130 valence electrons. The van der Waals surface area contributed by atoms with Gasteiger partial charge in [-0.2, -0.15) is 17.7 Å². The molecule has 0 aromatic heterocycles. The summed E-state index contributed by atoms with van der Waals surface area (Å²) in [5.41, 5.74) is 8.23. The number of aryl methyl sites for hydroxylation is 1. The molecule has 3 aliphatic carbocycles. The van der Waals surface area contributed by atoms with Crippen LogP contribution < -0.4 is 0 Å². The van der Waals surface area contributed by atoms with E-state index >= 15 is 0 Å². The Bertz CT molecular complexity index is 865. The van der Waals surface area contributed by atoms with Gasteiger partial charge in [-0.1, -0.05) is 66.6 Å². The molecule has 1 heteroatoms. The van der Waals surface area contributed by atoms with Crippen LogP contribution in [0.25, 0.3) is 11.1 Å². The zero-order valence-electron chi connectivity index (χ0n) is 15.5. The van der Waals surface area contributed by atoms with Gasteiger partial charge < -0.3 is 0 Å². The minimum absolute atomic E-state index is 0.411. The molecule has 0 aliphatic heterocycles. The summed E-state index contributed by atoms with van der Waals surface area (Å²) in [5.74, 6) is 0.411. The Labute approximate surface area is 172 Å². The summed E-state index contributed by atoms with van der Waals surface area (Å²) in [7, 11) is 0. The van der Waals surface area contributed by atoms with Crippen LogP contribution in [0.3, 0.4) is 0 Å². The van der Waals surface area contributed by atoms with Crippen LogP contribution in [0.2, 0.25) is 0 Å². The van der Waals surface area contributed by atoms with Crippen LogP contribution in [0, 0.1) is 13.0 Å². The summed E-state index contributed by atoms with van der Waals surface area (Å²) >= 11 is 1.69. The molecule has 2 aromatic rings. The molecule has 0 bridgehead atoms. The van der Waals surface area contributed by atoms with Crippen LogP contribution in [0.4, 0.5) is 0 Å². The molecule has 0 saturated heterocycles. The monoisotopic (exact) mass is 415 g/mol. The van der Waals surface area contributed by atoms with Crippen LogP contribution in [0.5, 0.6) is 0 Å². The molecule has 0 unspecified atom stereocenters. The number of allylic oxidation sites excluding steroid dienone is 4. The molecule has 0 atom stereocenters. The third kappa shape index (κ3) is 3.84. The minimum atomic E-state index is 0.411. The molecule has 0 spiro atoms. The summed E-state index contributed by atoms with van der Waals surface area (Å²) in [6.07, 6.45) is 17.1. The molecule has 0 amide bonds. The van der Waals surface area contributed by atoms with E-state index in [1.807, 2.05) is 0 Å². The van der Waals surface area contributed by atoms with Gasteiger partial charge in [0.05, 0.1) is 0 Å². The molecule has 5 rings (SSSR count). The standard InChI is InChI=1S/C19H15.C6H10.Zr/c1-13-10-19-16(11-15-8-4-5-9-17(15)19)12-18(13)14-6-2-3-7-14;1-2-4-6-5-3-1;/h2-10,14H,11H2,1H3;1-5H2;/q-1;;. The van der Waals surface area contributed by atoms with E-state index in [9.17, 15) is 0 Å². The first kappa shape index (κ1) is 18.1. The third-order valence-electron chi connectivity index (χ3n) is 5.61. The number of benzene rings is 2. The molecule has 0 radical (unpaired) electrons. The predicted octanol–water partition coefficient (Wildman–Crippen LogP) is 6.25. The van der Waals surface area contributed by atoms with Gasteiger partial charge >= 0.3 is 59.5 Å². The summed E-state index contributed by atoms with van der Waals surface area (Å²) in [6.45, 7) is 2.20. The van der Waals surface area contributed by atoms with Crippen molar-refractivity contribution < 1.29 is 24.2 Å². The van der Waals surface area contributed by atoms with E-state index in [0.717, 1.165) is 6.42 Å². The van der Waals surface area contributed by atoms with Crippen LogP contribution in [-0.4, -0.2) is 3.21 Å². The van der Waals surface area contributed by atoms with Crippen LogP contribution in [0.15, 0.2) is 54.6 Å². The summed E-state index contributed by atoms with van der Waals surface area (Å²) in [6, 6.07) is 14.7. The fourth-order valence-corrected chi connectivity index (χ4v) is 5.04. The molecule has 0 heterocycles. The van der Waals surface area contributed by atoms with Crippen molar-refractivity contribution in [2.24, 2.45) is 0 Å². The van der Waals surface area contributed by atoms with Gasteiger partial charge in [0.25, 0.3) is 0 Å². The molecule has 1 fully saturated rings. The van der Waals surface area contributed by atoms with E-state index in [1.165, 1.54) is 65.5 Å². The van der Waals surface area contributed by atoms with Crippen molar-refractivity contribution >= 4 is 3.21 Å². The van der Waals surface area contributed by atoms with Crippen LogP contribution in [0.1, 0.15) is 60.3 Å². The summed E-state index contributed by atoms with van der Waals surface area (Å²) in [5, 5.41) is 0. The molecule has 3 aliphatic rings. The molecular formula is C25H25Zr-. The summed E-state index contributed by atoms with van der Waals surface area (Å²) in [4.78, 5) is 0. The Morgan fingerprint density at radius 2 is 1.69 bits per heavy atom. The first-order chi connectivity index (χ1) is 12.7. The number of fused-ring (bicyclic) bond motifs is 3. The van der Waals surface area contributed by atoms with Crippen molar-refractivity contribution in [3.63, 3.8) is 0 Å². The predicted molar refractivity (Wildman–Crippen MR) is 107 cm³/mol. The van der Waals surface area contributed by atoms with Gasteiger partial charge in [-0.15, -0.1) is 16.7 Å². The van der Waals surface area contributed by atoms with Crippen molar-refractivity contribution in [1.29, 1.82) is 0 Å². The van der Waals surface area contributed by atoms with Gasteiger partial charge in [-0.3, -0.25) is 0 Å². The normalized spacial score (nSPS) is 17.6. The van der Waals surface area contributed by atoms with Gasteiger partial charge in [0.1, 0.15) is 0 Å². The number of hydrogen-bond acceptors (Lipinski definition) is 0. The van der Waals surface area contributed by atoms with Crippen molar-refractivity contribution in [2.75, 3.05) is 0 Å². The zero-order chi connectivity index (χ0) is 17.9. The van der Waals surface area contributed by atoms with E-state index < -0.39 is 0 Å². The van der Waals surface area contributed by atoms with Gasteiger partial charge in [0.2, 0.25) is 0 Å². The topological polar surface area (TPSA) is 0 Å². The molecular weight excluding hydrogens is 391 g/mol. The van der Waals surface area contributed by atoms with E-state index in [1.54, 1.807) is 27.4 Å². The van der Waals surface area contributed by atoms with Gasteiger partial charge in [-0.25, -0.2) is 0 Å². The SMILES string of the molecule is Cc1cc2c([c-]c1C1C=CC=C1)Cc1ccccc1-2.[Zr]=[C]1CCCCC1. The number of hydrogen-bond donors (Lipinski definition) is 0. The average Bonchev–Trinajstić information content (AvgIpc) is 3.30. The van der Waals surface area contributed by atoms with Gasteiger partial charge in [0, 0.05) is 0 Å². The maximum atomic E-state index is 3.68. The van der Waals surface area contributed by atoms with Crippen molar-refractivity contribution in [1.82, 2.24) is 0 Å². The van der Waals surface area contributed by atoms with Crippen molar-refractivity contribution in [3.05, 3.63) is 83.0 Å². The van der Waals surface area contributed by atoms with Crippen LogP contribution in [-0.2, 0) is 30.7 Å². The van der Waals surface area contributed by atoms with E-state index in [2.05, 4.69) is 67.6 Å². The fraction of sp³-hybridized carbons (Fsp3) is 0.320. The van der Waals surface area contributed by atoms with E-state index in [4.69, 9.17) is 0 Å². The second-order valence-corrected chi connectivity index (χ2v) is 9.29. The Hall–Kier alpha value is -1.33. The Kier molecular flexibility index (Phi) is 5.65.